The Morgan fingerprint density at radius 3 is 2.42 bits per heavy atom. The van der Waals surface area contributed by atoms with Gasteiger partial charge in [0.1, 0.15) is 11.9 Å². The minimum absolute atomic E-state index is 0.0637. The highest BCUT2D eigenvalue weighted by atomic mass is 35.5. The van der Waals surface area contributed by atoms with Gasteiger partial charge in [-0.05, 0) is 35.9 Å². The molecule has 6 heteroatoms. The standard InChI is InChI=1S/C20H18ClF2NO2/c21-15-4-1-14(2-5-15)3-8-20(25)24-11-9-16(10-12-24)26-17-6-7-18(22)19(23)13-17/h1-8,13,16H,9-12H2/b8-3+. The zero-order valence-electron chi connectivity index (χ0n) is 14.0. The fraction of sp³-hybridized carbons (Fsp3) is 0.250. The predicted molar refractivity (Wildman–Crippen MR) is 97.1 cm³/mol. The Morgan fingerprint density at radius 2 is 1.77 bits per heavy atom. The van der Waals surface area contributed by atoms with Crippen LogP contribution in [0.25, 0.3) is 6.08 Å². The first-order valence-electron chi connectivity index (χ1n) is 8.35. The van der Waals surface area contributed by atoms with Crippen LogP contribution in [0, 0.1) is 11.6 Å². The third-order valence-corrected chi connectivity index (χ3v) is 4.49. The van der Waals surface area contributed by atoms with Gasteiger partial charge >= 0.3 is 0 Å². The number of likely N-dealkylation sites (tertiary alicyclic amines) is 1. The summed E-state index contributed by atoms with van der Waals surface area (Å²) < 4.78 is 31.9. The topological polar surface area (TPSA) is 29.5 Å². The average molecular weight is 378 g/mol. The molecule has 0 saturated carbocycles. The van der Waals surface area contributed by atoms with Crippen molar-refractivity contribution in [1.82, 2.24) is 4.90 Å². The molecule has 1 fully saturated rings. The third-order valence-electron chi connectivity index (χ3n) is 4.24. The molecule has 0 radical (unpaired) electrons. The highest BCUT2D eigenvalue weighted by Gasteiger charge is 2.23. The number of hydrogen-bond acceptors (Lipinski definition) is 2. The van der Waals surface area contributed by atoms with Crippen LogP contribution >= 0.6 is 11.6 Å². The van der Waals surface area contributed by atoms with Gasteiger partial charge in [0.2, 0.25) is 5.91 Å². The molecule has 136 valence electrons. The number of piperidine rings is 1. The first-order valence-corrected chi connectivity index (χ1v) is 8.73. The van der Waals surface area contributed by atoms with Gasteiger partial charge in [-0.3, -0.25) is 4.79 Å². The van der Waals surface area contributed by atoms with Crippen molar-refractivity contribution in [2.24, 2.45) is 0 Å². The highest BCUT2D eigenvalue weighted by Crippen LogP contribution is 2.21. The maximum absolute atomic E-state index is 13.2. The molecular weight excluding hydrogens is 360 g/mol. The number of carbonyl (C=O) groups excluding carboxylic acids is 1. The van der Waals surface area contributed by atoms with Crippen molar-refractivity contribution < 1.29 is 18.3 Å². The number of hydrogen-bond donors (Lipinski definition) is 0. The van der Waals surface area contributed by atoms with E-state index in [9.17, 15) is 13.6 Å². The van der Waals surface area contributed by atoms with Crippen LogP contribution in [0.1, 0.15) is 18.4 Å². The van der Waals surface area contributed by atoms with Crippen molar-refractivity contribution in [3.05, 3.63) is 70.8 Å². The van der Waals surface area contributed by atoms with Gasteiger partial charge in [0.05, 0.1) is 0 Å². The Kier molecular flexibility index (Phi) is 5.89. The lowest BCUT2D eigenvalue weighted by Crippen LogP contribution is -2.41. The van der Waals surface area contributed by atoms with E-state index < -0.39 is 11.6 Å². The van der Waals surface area contributed by atoms with E-state index in [2.05, 4.69) is 0 Å². The van der Waals surface area contributed by atoms with Crippen LogP contribution in [-0.4, -0.2) is 30.0 Å². The number of amides is 1. The molecule has 1 heterocycles. The van der Waals surface area contributed by atoms with Crippen molar-refractivity contribution in [1.29, 1.82) is 0 Å². The second kappa shape index (κ2) is 8.32. The van der Waals surface area contributed by atoms with E-state index >= 15 is 0 Å². The largest absolute Gasteiger partial charge is 0.490 e. The van der Waals surface area contributed by atoms with E-state index in [0.29, 0.717) is 36.7 Å². The zero-order valence-corrected chi connectivity index (χ0v) is 14.8. The number of nitrogens with zero attached hydrogens (tertiary/aromatic N) is 1. The van der Waals surface area contributed by atoms with Crippen molar-refractivity contribution in [2.45, 2.75) is 18.9 Å². The quantitative estimate of drug-likeness (QED) is 0.723. The van der Waals surface area contributed by atoms with Crippen LogP contribution < -0.4 is 4.74 Å². The van der Waals surface area contributed by atoms with Crippen LogP contribution in [0.4, 0.5) is 8.78 Å². The van der Waals surface area contributed by atoms with Gasteiger partial charge in [0, 0.05) is 43.1 Å². The first kappa shape index (κ1) is 18.4. The van der Waals surface area contributed by atoms with Gasteiger partial charge < -0.3 is 9.64 Å². The van der Waals surface area contributed by atoms with Gasteiger partial charge in [-0.15, -0.1) is 0 Å². The molecule has 0 atom stereocenters. The number of halogens is 3. The van der Waals surface area contributed by atoms with Crippen molar-refractivity contribution >= 4 is 23.6 Å². The number of ether oxygens (including phenoxy) is 1. The van der Waals surface area contributed by atoms with E-state index in [0.717, 1.165) is 17.7 Å². The molecule has 3 nitrogen and oxygen atoms in total. The lowest BCUT2D eigenvalue weighted by Gasteiger charge is -2.31. The summed E-state index contributed by atoms with van der Waals surface area (Å²) in [4.78, 5) is 14.0. The molecule has 1 saturated heterocycles. The fourth-order valence-electron chi connectivity index (χ4n) is 2.78. The van der Waals surface area contributed by atoms with E-state index in [1.54, 1.807) is 29.2 Å². The molecule has 2 aromatic rings. The van der Waals surface area contributed by atoms with E-state index in [-0.39, 0.29) is 12.0 Å². The molecule has 1 aliphatic heterocycles. The van der Waals surface area contributed by atoms with Crippen LogP contribution in [0.5, 0.6) is 5.75 Å². The number of benzene rings is 2. The molecule has 0 aromatic heterocycles. The van der Waals surface area contributed by atoms with Crippen molar-refractivity contribution in [2.75, 3.05) is 13.1 Å². The van der Waals surface area contributed by atoms with Crippen LogP contribution in [0.2, 0.25) is 5.02 Å². The van der Waals surface area contributed by atoms with Crippen molar-refractivity contribution in [3.8, 4) is 5.75 Å². The summed E-state index contributed by atoms with van der Waals surface area (Å²) in [5.74, 6) is -1.59. The normalized spacial score (nSPS) is 15.4. The Hall–Kier alpha value is -2.40. The summed E-state index contributed by atoms with van der Waals surface area (Å²) in [6, 6.07) is 10.7. The Morgan fingerprint density at radius 1 is 1.08 bits per heavy atom. The number of rotatable bonds is 4. The average Bonchev–Trinajstić information content (AvgIpc) is 2.65. The Labute approximate surface area is 155 Å². The van der Waals surface area contributed by atoms with E-state index in [1.165, 1.54) is 6.07 Å². The van der Waals surface area contributed by atoms with Crippen LogP contribution in [0.3, 0.4) is 0 Å². The Bertz CT molecular complexity index is 800. The van der Waals surface area contributed by atoms with Gasteiger partial charge in [0.25, 0.3) is 0 Å². The molecule has 0 bridgehead atoms. The third kappa shape index (κ3) is 4.82. The number of carbonyl (C=O) groups is 1. The molecule has 1 amide bonds. The lowest BCUT2D eigenvalue weighted by molar-refractivity contribution is -0.127. The molecule has 0 N–H and O–H groups in total. The molecule has 3 rings (SSSR count). The van der Waals surface area contributed by atoms with Crippen molar-refractivity contribution in [3.63, 3.8) is 0 Å². The minimum atomic E-state index is -0.928. The van der Waals surface area contributed by atoms with Gasteiger partial charge in [0.15, 0.2) is 11.6 Å². The zero-order chi connectivity index (χ0) is 18.5. The SMILES string of the molecule is O=C(/C=C/c1ccc(Cl)cc1)N1CCC(Oc2ccc(F)c(F)c2)CC1. The molecule has 26 heavy (non-hydrogen) atoms. The van der Waals surface area contributed by atoms with Gasteiger partial charge in [-0.1, -0.05) is 23.7 Å². The smallest absolute Gasteiger partial charge is 0.246 e. The monoisotopic (exact) mass is 377 g/mol. The maximum atomic E-state index is 13.2. The summed E-state index contributed by atoms with van der Waals surface area (Å²) in [5, 5.41) is 0.650. The summed E-state index contributed by atoms with van der Waals surface area (Å²) in [6.07, 6.45) is 4.45. The van der Waals surface area contributed by atoms with Gasteiger partial charge in [-0.25, -0.2) is 8.78 Å². The van der Waals surface area contributed by atoms with Crippen LogP contribution in [-0.2, 0) is 4.79 Å². The summed E-state index contributed by atoms with van der Waals surface area (Å²) in [5.41, 5.74) is 0.902. The molecule has 2 aromatic carbocycles. The maximum Gasteiger partial charge on any atom is 0.246 e. The fourth-order valence-corrected chi connectivity index (χ4v) is 2.91. The van der Waals surface area contributed by atoms with Crippen LogP contribution in [0.15, 0.2) is 48.5 Å². The Balaban J connectivity index is 1.50. The minimum Gasteiger partial charge on any atom is -0.490 e. The first-order chi connectivity index (χ1) is 12.5. The molecule has 0 spiro atoms. The van der Waals surface area contributed by atoms with E-state index in [1.807, 2.05) is 12.1 Å². The predicted octanol–water partition coefficient (Wildman–Crippen LogP) is 4.70. The highest BCUT2D eigenvalue weighted by molar-refractivity contribution is 6.30. The van der Waals surface area contributed by atoms with E-state index in [4.69, 9.17) is 16.3 Å². The molecular formula is C20H18ClF2NO2. The summed E-state index contributed by atoms with van der Waals surface area (Å²) in [6.45, 7) is 1.11. The summed E-state index contributed by atoms with van der Waals surface area (Å²) in [7, 11) is 0. The second-order valence-electron chi connectivity index (χ2n) is 6.10. The van der Waals surface area contributed by atoms with Gasteiger partial charge in [-0.2, -0.15) is 0 Å². The molecule has 0 aliphatic carbocycles. The molecule has 1 aliphatic rings. The second-order valence-corrected chi connectivity index (χ2v) is 6.54. The summed E-state index contributed by atoms with van der Waals surface area (Å²) >= 11 is 5.83. The molecule has 0 unspecified atom stereocenters. The lowest BCUT2D eigenvalue weighted by atomic mass is 10.1.